The van der Waals surface area contributed by atoms with E-state index < -0.39 is 0 Å². The SMILES string of the molecule is CCN(CC#N)C(=O)c1cc(C)nc2ccccc12. The Hall–Kier alpha value is -2.41. The average Bonchev–Trinajstić information content (AvgIpc) is 2.43. The molecule has 0 aliphatic heterocycles. The minimum atomic E-state index is -0.120. The number of carbonyl (C=O) groups is 1. The zero-order valence-electron chi connectivity index (χ0n) is 11.1. The Kier molecular flexibility index (Phi) is 3.76. The van der Waals surface area contributed by atoms with E-state index in [-0.39, 0.29) is 12.5 Å². The molecule has 0 aliphatic carbocycles. The minimum Gasteiger partial charge on any atom is -0.326 e. The fraction of sp³-hybridized carbons (Fsp3) is 0.267. The van der Waals surface area contributed by atoms with Gasteiger partial charge in [0.25, 0.3) is 5.91 Å². The molecule has 19 heavy (non-hydrogen) atoms. The van der Waals surface area contributed by atoms with Crippen LogP contribution in [0.25, 0.3) is 10.9 Å². The lowest BCUT2D eigenvalue weighted by atomic mass is 10.1. The van der Waals surface area contributed by atoms with E-state index in [9.17, 15) is 4.79 Å². The molecule has 0 saturated heterocycles. The number of pyridine rings is 1. The van der Waals surface area contributed by atoms with Crippen molar-refractivity contribution in [3.8, 4) is 6.07 Å². The molecule has 2 rings (SSSR count). The summed E-state index contributed by atoms with van der Waals surface area (Å²) in [5, 5.41) is 9.60. The number of hydrogen-bond acceptors (Lipinski definition) is 3. The molecule has 0 radical (unpaired) electrons. The molecular weight excluding hydrogens is 238 g/mol. The number of para-hydroxylation sites is 1. The predicted molar refractivity (Wildman–Crippen MR) is 73.7 cm³/mol. The summed E-state index contributed by atoms with van der Waals surface area (Å²) in [7, 11) is 0. The van der Waals surface area contributed by atoms with Crippen LogP contribution < -0.4 is 0 Å². The number of hydrogen-bond donors (Lipinski definition) is 0. The van der Waals surface area contributed by atoms with Crippen molar-refractivity contribution in [2.75, 3.05) is 13.1 Å². The highest BCUT2D eigenvalue weighted by Gasteiger charge is 2.17. The molecule has 1 aromatic carbocycles. The van der Waals surface area contributed by atoms with Crippen LogP contribution in [0.3, 0.4) is 0 Å². The van der Waals surface area contributed by atoms with E-state index in [4.69, 9.17) is 5.26 Å². The first-order chi connectivity index (χ1) is 9.17. The normalized spacial score (nSPS) is 10.2. The van der Waals surface area contributed by atoms with Crippen molar-refractivity contribution < 1.29 is 4.79 Å². The molecule has 0 unspecified atom stereocenters. The maximum Gasteiger partial charge on any atom is 0.255 e. The van der Waals surface area contributed by atoms with Gasteiger partial charge in [-0.3, -0.25) is 9.78 Å². The van der Waals surface area contributed by atoms with Crippen molar-refractivity contribution >= 4 is 16.8 Å². The second kappa shape index (κ2) is 5.49. The number of nitrogens with zero attached hydrogens (tertiary/aromatic N) is 3. The van der Waals surface area contributed by atoms with E-state index >= 15 is 0 Å². The number of fused-ring (bicyclic) bond motifs is 1. The van der Waals surface area contributed by atoms with Gasteiger partial charge in [-0.05, 0) is 26.0 Å². The van der Waals surface area contributed by atoms with E-state index in [0.29, 0.717) is 12.1 Å². The Morgan fingerprint density at radius 1 is 1.42 bits per heavy atom. The second-order valence-electron chi connectivity index (χ2n) is 4.31. The molecule has 0 spiro atoms. The predicted octanol–water partition coefficient (Wildman–Crippen LogP) is 2.53. The summed E-state index contributed by atoms with van der Waals surface area (Å²) in [6.45, 7) is 4.35. The third kappa shape index (κ3) is 2.55. The number of carbonyl (C=O) groups excluding carboxylic acids is 1. The molecule has 4 heteroatoms. The summed E-state index contributed by atoms with van der Waals surface area (Å²) < 4.78 is 0. The van der Waals surface area contributed by atoms with Gasteiger partial charge in [-0.25, -0.2) is 0 Å². The van der Waals surface area contributed by atoms with Gasteiger partial charge in [0.05, 0.1) is 17.1 Å². The van der Waals surface area contributed by atoms with Crippen molar-refractivity contribution in [2.45, 2.75) is 13.8 Å². The standard InChI is InChI=1S/C15H15N3O/c1-3-18(9-8-16)15(19)13-10-11(2)17-14-7-5-4-6-12(13)14/h4-7,10H,3,9H2,1-2H3. The van der Waals surface area contributed by atoms with Crippen LogP contribution in [0.15, 0.2) is 30.3 Å². The molecule has 1 amide bonds. The lowest BCUT2D eigenvalue weighted by molar-refractivity contribution is 0.0786. The van der Waals surface area contributed by atoms with Crippen molar-refractivity contribution in [1.82, 2.24) is 9.88 Å². The molecule has 2 aromatic rings. The van der Waals surface area contributed by atoms with Gasteiger partial charge in [0.15, 0.2) is 0 Å². The van der Waals surface area contributed by atoms with Gasteiger partial charge in [-0.1, -0.05) is 18.2 Å². The van der Waals surface area contributed by atoms with Crippen LogP contribution in [0.4, 0.5) is 0 Å². The highest BCUT2D eigenvalue weighted by atomic mass is 16.2. The van der Waals surface area contributed by atoms with Crippen LogP contribution in [0.5, 0.6) is 0 Å². The summed E-state index contributed by atoms with van der Waals surface area (Å²) in [6.07, 6.45) is 0. The number of aromatic nitrogens is 1. The Bertz CT molecular complexity index is 658. The first-order valence-electron chi connectivity index (χ1n) is 6.20. The Balaban J connectivity index is 2.55. The van der Waals surface area contributed by atoms with Gasteiger partial charge in [0, 0.05) is 17.6 Å². The highest BCUT2D eigenvalue weighted by molar-refractivity contribution is 6.06. The topological polar surface area (TPSA) is 57.0 Å². The molecule has 0 N–H and O–H groups in total. The number of amides is 1. The zero-order chi connectivity index (χ0) is 13.8. The van der Waals surface area contributed by atoms with E-state index in [1.165, 1.54) is 4.90 Å². The first-order valence-corrected chi connectivity index (χ1v) is 6.20. The molecule has 96 valence electrons. The van der Waals surface area contributed by atoms with E-state index in [0.717, 1.165) is 16.6 Å². The molecule has 1 aromatic heterocycles. The molecule has 0 saturated carbocycles. The van der Waals surface area contributed by atoms with E-state index in [1.54, 1.807) is 6.07 Å². The molecule has 0 bridgehead atoms. The average molecular weight is 253 g/mol. The van der Waals surface area contributed by atoms with E-state index in [1.807, 2.05) is 44.2 Å². The summed E-state index contributed by atoms with van der Waals surface area (Å²) in [5.74, 6) is -0.120. The van der Waals surface area contributed by atoms with Crippen molar-refractivity contribution in [3.63, 3.8) is 0 Å². The largest absolute Gasteiger partial charge is 0.326 e. The van der Waals surface area contributed by atoms with Gasteiger partial charge >= 0.3 is 0 Å². The molecule has 1 heterocycles. The fourth-order valence-corrected chi connectivity index (χ4v) is 2.07. The monoisotopic (exact) mass is 253 g/mol. The van der Waals surface area contributed by atoms with E-state index in [2.05, 4.69) is 4.98 Å². The van der Waals surface area contributed by atoms with Gasteiger partial charge in [-0.15, -0.1) is 0 Å². The summed E-state index contributed by atoms with van der Waals surface area (Å²) in [6, 6.07) is 11.4. The smallest absolute Gasteiger partial charge is 0.255 e. The van der Waals surface area contributed by atoms with Gasteiger partial charge in [-0.2, -0.15) is 5.26 Å². The van der Waals surface area contributed by atoms with Gasteiger partial charge in [0.2, 0.25) is 0 Å². The summed E-state index contributed by atoms with van der Waals surface area (Å²) in [5.41, 5.74) is 2.22. The quantitative estimate of drug-likeness (QED) is 0.790. The lowest BCUT2D eigenvalue weighted by Gasteiger charge is -2.18. The Labute approximate surface area is 112 Å². The zero-order valence-corrected chi connectivity index (χ0v) is 11.1. The maximum absolute atomic E-state index is 12.5. The lowest BCUT2D eigenvalue weighted by Crippen LogP contribution is -2.31. The molecular formula is C15H15N3O. The van der Waals surface area contributed by atoms with Crippen molar-refractivity contribution in [2.24, 2.45) is 0 Å². The number of rotatable bonds is 3. The molecule has 0 aliphatic rings. The Morgan fingerprint density at radius 3 is 2.84 bits per heavy atom. The van der Waals surface area contributed by atoms with Gasteiger partial charge < -0.3 is 4.90 Å². The highest BCUT2D eigenvalue weighted by Crippen LogP contribution is 2.19. The summed E-state index contributed by atoms with van der Waals surface area (Å²) in [4.78, 5) is 18.4. The Morgan fingerprint density at radius 2 is 2.16 bits per heavy atom. The molecule has 4 nitrogen and oxygen atoms in total. The summed E-state index contributed by atoms with van der Waals surface area (Å²) >= 11 is 0. The van der Waals surface area contributed by atoms with Crippen LogP contribution in [0.1, 0.15) is 23.0 Å². The van der Waals surface area contributed by atoms with Crippen LogP contribution in [-0.2, 0) is 0 Å². The maximum atomic E-state index is 12.5. The third-order valence-corrected chi connectivity index (χ3v) is 3.01. The minimum absolute atomic E-state index is 0.102. The van der Waals surface area contributed by atoms with Crippen LogP contribution in [0, 0.1) is 18.3 Å². The van der Waals surface area contributed by atoms with Crippen molar-refractivity contribution in [1.29, 1.82) is 5.26 Å². The molecule has 0 fully saturated rings. The first kappa shape index (κ1) is 13.0. The van der Waals surface area contributed by atoms with Crippen LogP contribution in [-0.4, -0.2) is 28.9 Å². The third-order valence-electron chi connectivity index (χ3n) is 3.01. The van der Waals surface area contributed by atoms with Crippen LogP contribution >= 0.6 is 0 Å². The fourth-order valence-electron chi connectivity index (χ4n) is 2.07. The van der Waals surface area contributed by atoms with Gasteiger partial charge in [0.1, 0.15) is 6.54 Å². The number of nitriles is 1. The second-order valence-corrected chi connectivity index (χ2v) is 4.31. The number of aryl methyl sites for hydroxylation is 1. The van der Waals surface area contributed by atoms with Crippen LogP contribution in [0.2, 0.25) is 0 Å². The number of benzene rings is 1. The van der Waals surface area contributed by atoms with Crippen molar-refractivity contribution in [3.05, 3.63) is 41.6 Å². The molecule has 0 atom stereocenters.